The zero-order valence-corrected chi connectivity index (χ0v) is 9.26. The Kier molecular flexibility index (Phi) is 3.20. The molecule has 1 aromatic heterocycles. The number of hydrogen-bond donors (Lipinski definition) is 1. The van der Waals surface area contributed by atoms with Gasteiger partial charge in [0.15, 0.2) is 0 Å². The van der Waals surface area contributed by atoms with E-state index in [0.717, 1.165) is 5.56 Å². The van der Waals surface area contributed by atoms with E-state index in [1.165, 1.54) is 12.4 Å². The lowest BCUT2D eigenvalue weighted by Crippen LogP contribution is -2.04. The monoisotopic (exact) mass is 250 g/mol. The first-order chi connectivity index (χ1) is 8.15. The van der Waals surface area contributed by atoms with Gasteiger partial charge in [0.1, 0.15) is 6.33 Å². The molecule has 2 aromatic rings. The number of halogens is 1. The van der Waals surface area contributed by atoms with Gasteiger partial charge in [0.05, 0.1) is 5.69 Å². The Morgan fingerprint density at radius 3 is 2.82 bits per heavy atom. The lowest BCUT2D eigenvalue weighted by molar-refractivity contribution is 0.142. The second-order valence-electron chi connectivity index (χ2n) is 3.12. The summed E-state index contributed by atoms with van der Waals surface area (Å²) in [5.74, 6) is -0.0255. The third kappa shape index (κ3) is 2.92. The first-order valence-corrected chi connectivity index (χ1v) is 5.02. The molecule has 0 spiro atoms. The van der Waals surface area contributed by atoms with Crippen LogP contribution in [-0.2, 0) is 0 Å². The predicted molar refractivity (Wildman–Crippen MR) is 61.1 cm³/mol. The lowest BCUT2D eigenvalue weighted by atomic mass is 10.1. The Morgan fingerprint density at radius 2 is 2.12 bits per heavy atom. The summed E-state index contributed by atoms with van der Waals surface area (Å²) in [4.78, 5) is 18.1. The van der Waals surface area contributed by atoms with E-state index in [4.69, 9.17) is 16.7 Å². The normalized spacial score (nSPS) is 9.94. The third-order valence-corrected chi connectivity index (χ3v) is 2.19. The van der Waals surface area contributed by atoms with Gasteiger partial charge in [-0.05, 0) is 12.1 Å². The van der Waals surface area contributed by atoms with Crippen LogP contribution in [0.1, 0.15) is 0 Å². The molecule has 0 aliphatic rings. The Morgan fingerprint density at radius 1 is 1.29 bits per heavy atom. The average molecular weight is 251 g/mol. The SMILES string of the molecule is O=C(O)Oc1cc(-c2cccc(Cl)c2)ncn1. The van der Waals surface area contributed by atoms with Crippen LogP contribution in [-0.4, -0.2) is 21.2 Å². The second-order valence-corrected chi connectivity index (χ2v) is 3.56. The number of carbonyl (C=O) groups is 1. The Balaban J connectivity index is 2.36. The summed E-state index contributed by atoms with van der Waals surface area (Å²) in [5.41, 5.74) is 1.30. The first kappa shape index (κ1) is 11.3. The van der Waals surface area contributed by atoms with Crippen molar-refractivity contribution in [2.45, 2.75) is 0 Å². The van der Waals surface area contributed by atoms with Gasteiger partial charge in [-0.15, -0.1) is 0 Å². The van der Waals surface area contributed by atoms with Crippen molar-refractivity contribution in [2.24, 2.45) is 0 Å². The Labute approximate surface area is 102 Å². The maximum Gasteiger partial charge on any atom is 0.512 e. The van der Waals surface area contributed by atoms with Crippen molar-refractivity contribution in [1.29, 1.82) is 0 Å². The molecule has 17 heavy (non-hydrogen) atoms. The topological polar surface area (TPSA) is 72.3 Å². The quantitative estimate of drug-likeness (QED) is 0.830. The average Bonchev–Trinajstić information content (AvgIpc) is 2.28. The van der Waals surface area contributed by atoms with Gasteiger partial charge in [0.2, 0.25) is 5.88 Å². The standard InChI is InChI=1S/C11H7ClN2O3/c12-8-3-1-2-7(4-8)9-5-10(14-6-13-9)17-11(15)16/h1-6H,(H,15,16). The molecule has 0 fully saturated rings. The van der Waals surface area contributed by atoms with Crippen molar-refractivity contribution in [2.75, 3.05) is 0 Å². The van der Waals surface area contributed by atoms with Gasteiger partial charge in [0, 0.05) is 16.7 Å². The molecule has 0 atom stereocenters. The van der Waals surface area contributed by atoms with Gasteiger partial charge in [-0.3, -0.25) is 0 Å². The van der Waals surface area contributed by atoms with Crippen molar-refractivity contribution in [3.8, 4) is 17.1 Å². The smallest absolute Gasteiger partial charge is 0.449 e. The molecule has 0 radical (unpaired) electrons. The van der Waals surface area contributed by atoms with Crippen molar-refractivity contribution < 1.29 is 14.6 Å². The predicted octanol–water partition coefficient (Wildman–Crippen LogP) is 2.85. The van der Waals surface area contributed by atoms with Gasteiger partial charge < -0.3 is 9.84 Å². The van der Waals surface area contributed by atoms with E-state index in [9.17, 15) is 4.79 Å². The maximum atomic E-state index is 10.4. The van der Waals surface area contributed by atoms with Crippen LogP contribution in [0.15, 0.2) is 36.7 Å². The third-order valence-electron chi connectivity index (χ3n) is 1.95. The number of rotatable bonds is 2. The highest BCUT2D eigenvalue weighted by Crippen LogP contribution is 2.22. The largest absolute Gasteiger partial charge is 0.512 e. The minimum absolute atomic E-state index is 0.0255. The highest BCUT2D eigenvalue weighted by atomic mass is 35.5. The van der Waals surface area contributed by atoms with E-state index >= 15 is 0 Å². The number of aromatic nitrogens is 2. The molecule has 2 rings (SSSR count). The molecule has 0 amide bonds. The summed E-state index contributed by atoms with van der Waals surface area (Å²) >= 11 is 5.85. The minimum Gasteiger partial charge on any atom is -0.449 e. The van der Waals surface area contributed by atoms with Crippen LogP contribution in [0.25, 0.3) is 11.3 Å². The van der Waals surface area contributed by atoms with Crippen molar-refractivity contribution >= 4 is 17.8 Å². The summed E-state index contributed by atoms with van der Waals surface area (Å²) in [6.07, 6.45) is -0.185. The van der Waals surface area contributed by atoms with Gasteiger partial charge in [-0.25, -0.2) is 14.8 Å². The molecule has 1 aromatic carbocycles. The van der Waals surface area contributed by atoms with Gasteiger partial charge in [-0.2, -0.15) is 0 Å². The number of nitrogens with zero attached hydrogens (tertiary/aromatic N) is 2. The summed E-state index contributed by atoms with van der Waals surface area (Å²) in [6.45, 7) is 0. The highest BCUT2D eigenvalue weighted by molar-refractivity contribution is 6.30. The second kappa shape index (κ2) is 4.80. The molecule has 1 heterocycles. The molecule has 0 unspecified atom stereocenters. The van der Waals surface area contributed by atoms with Crippen molar-refractivity contribution in [3.05, 3.63) is 41.7 Å². The van der Waals surface area contributed by atoms with Crippen LogP contribution in [0.3, 0.4) is 0 Å². The van der Waals surface area contributed by atoms with E-state index in [1.54, 1.807) is 24.3 Å². The fourth-order valence-corrected chi connectivity index (χ4v) is 1.48. The Bertz CT molecular complexity index is 560. The molecule has 0 saturated carbocycles. The van der Waals surface area contributed by atoms with Crippen LogP contribution in [0.5, 0.6) is 5.88 Å². The minimum atomic E-state index is -1.42. The first-order valence-electron chi connectivity index (χ1n) is 4.64. The van der Waals surface area contributed by atoms with E-state index in [2.05, 4.69) is 14.7 Å². The number of carboxylic acid groups (broad SMARTS) is 1. The molecular formula is C11H7ClN2O3. The molecule has 5 nitrogen and oxygen atoms in total. The van der Waals surface area contributed by atoms with E-state index in [-0.39, 0.29) is 5.88 Å². The van der Waals surface area contributed by atoms with E-state index in [0.29, 0.717) is 10.7 Å². The van der Waals surface area contributed by atoms with Crippen LogP contribution in [0.4, 0.5) is 4.79 Å². The zero-order valence-electron chi connectivity index (χ0n) is 8.50. The molecule has 0 bridgehead atoms. The molecule has 0 saturated heterocycles. The zero-order chi connectivity index (χ0) is 12.3. The number of benzene rings is 1. The van der Waals surface area contributed by atoms with Crippen LogP contribution in [0.2, 0.25) is 5.02 Å². The summed E-state index contributed by atoms with van der Waals surface area (Å²) < 4.78 is 4.44. The van der Waals surface area contributed by atoms with Crippen LogP contribution in [0, 0.1) is 0 Å². The molecular weight excluding hydrogens is 244 g/mol. The number of ether oxygens (including phenoxy) is 1. The van der Waals surface area contributed by atoms with Gasteiger partial charge in [0.25, 0.3) is 0 Å². The maximum absolute atomic E-state index is 10.4. The van der Waals surface area contributed by atoms with Crippen molar-refractivity contribution in [3.63, 3.8) is 0 Å². The van der Waals surface area contributed by atoms with E-state index < -0.39 is 6.16 Å². The Hall–Kier alpha value is -2.14. The molecule has 1 N–H and O–H groups in total. The molecule has 0 aliphatic carbocycles. The molecule has 86 valence electrons. The lowest BCUT2D eigenvalue weighted by Gasteiger charge is -2.03. The fraction of sp³-hybridized carbons (Fsp3) is 0. The van der Waals surface area contributed by atoms with Crippen LogP contribution < -0.4 is 4.74 Å². The van der Waals surface area contributed by atoms with Gasteiger partial charge >= 0.3 is 6.16 Å². The van der Waals surface area contributed by atoms with Crippen molar-refractivity contribution in [1.82, 2.24) is 9.97 Å². The van der Waals surface area contributed by atoms with Gasteiger partial charge in [-0.1, -0.05) is 23.7 Å². The summed E-state index contributed by atoms with van der Waals surface area (Å²) in [7, 11) is 0. The highest BCUT2D eigenvalue weighted by Gasteiger charge is 2.06. The van der Waals surface area contributed by atoms with Crippen LogP contribution >= 0.6 is 11.6 Å². The summed E-state index contributed by atoms with van der Waals surface area (Å²) in [6, 6.07) is 8.46. The fourth-order valence-electron chi connectivity index (χ4n) is 1.29. The number of hydrogen-bond acceptors (Lipinski definition) is 4. The summed E-state index contributed by atoms with van der Waals surface area (Å²) in [5, 5.41) is 9.04. The molecule has 6 heteroatoms. The molecule has 0 aliphatic heterocycles. The van der Waals surface area contributed by atoms with E-state index in [1.807, 2.05) is 0 Å².